The fourth-order valence-electron chi connectivity index (χ4n) is 2.11. The number of benzene rings is 1. The predicted octanol–water partition coefficient (Wildman–Crippen LogP) is 2.08. The summed E-state index contributed by atoms with van der Waals surface area (Å²) in [5.74, 6) is -0.187. The van der Waals surface area contributed by atoms with Crippen LogP contribution in [0.1, 0.15) is 16.2 Å². The number of non-ortho nitro benzene ring substituents is 1. The van der Waals surface area contributed by atoms with Crippen molar-refractivity contribution >= 4 is 11.6 Å². The standard InChI is InChI=1S/C15H12FN5O4/c16-11-8-9(21(23)24)3-4-10(11)15(22)17-6-5-13-18-14(20-19-13)12-2-1-7-25-12/h1-4,7-8H,5-6H2,(H,17,22)(H,18,19,20). The highest BCUT2D eigenvalue weighted by Gasteiger charge is 2.16. The minimum Gasteiger partial charge on any atom is -0.461 e. The number of nitro benzene ring substituents is 1. The lowest BCUT2D eigenvalue weighted by Gasteiger charge is -2.05. The van der Waals surface area contributed by atoms with Crippen molar-refractivity contribution in [2.75, 3.05) is 6.54 Å². The number of nitrogens with zero attached hydrogens (tertiary/aromatic N) is 3. The van der Waals surface area contributed by atoms with Crippen molar-refractivity contribution in [3.63, 3.8) is 0 Å². The number of amides is 1. The number of rotatable bonds is 6. The highest BCUT2D eigenvalue weighted by Crippen LogP contribution is 2.17. The van der Waals surface area contributed by atoms with E-state index in [0.29, 0.717) is 29.9 Å². The molecule has 2 N–H and O–H groups in total. The van der Waals surface area contributed by atoms with Gasteiger partial charge in [0.15, 0.2) is 5.76 Å². The summed E-state index contributed by atoms with van der Waals surface area (Å²) in [7, 11) is 0. The topological polar surface area (TPSA) is 127 Å². The average molecular weight is 345 g/mol. The number of nitro groups is 1. The molecule has 0 atom stereocenters. The van der Waals surface area contributed by atoms with E-state index in [9.17, 15) is 19.3 Å². The van der Waals surface area contributed by atoms with E-state index in [-0.39, 0.29) is 12.1 Å². The highest BCUT2D eigenvalue weighted by molar-refractivity contribution is 5.94. The number of hydrogen-bond donors (Lipinski definition) is 2. The molecular formula is C15H12FN5O4. The maximum Gasteiger partial charge on any atom is 0.272 e. The van der Waals surface area contributed by atoms with E-state index >= 15 is 0 Å². The molecular weight excluding hydrogens is 333 g/mol. The molecule has 0 fully saturated rings. The molecule has 1 aromatic carbocycles. The lowest BCUT2D eigenvalue weighted by Crippen LogP contribution is -2.26. The largest absolute Gasteiger partial charge is 0.461 e. The van der Waals surface area contributed by atoms with E-state index in [4.69, 9.17) is 4.42 Å². The Balaban J connectivity index is 1.57. The van der Waals surface area contributed by atoms with Gasteiger partial charge in [0.1, 0.15) is 11.6 Å². The van der Waals surface area contributed by atoms with Gasteiger partial charge in [-0.3, -0.25) is 20.0 Å². The molecule has 9 nitrogen and oxygen atoms in total. The van der Waals surface area contributed by atoms with E-state index < -0.39 is 22.3 Å². The Morgan fingerprint density at radius 2 is 2.24 bits per heavy atom. The summed E-state index contributed by atoms with van der Waals surface area (Å²) in [6, 6.07) is 6.29. The first-order valence-electron chi connectivity index (χ1n) is 7.22. The number of carbonyl (C=O) groups is 1. The van der Waals surface area contributed by atoms with Gasteiger partial charge in [0, 0.05) is 19.0 Å². The summed E-state index contributed by atoms with van der Waals surface area (Å²) in [5.41, 5.74) is -0.680. The van der Waals surface area contributed by atoms with Crippen LogP contribution < -0.4 is 5.32 Å². The normalized spacial score (nSPS) is 10.6. The summed E-state index contributed by atoms with van der Waals surface area (Å²) >= 11 is 0. The minimum absolute atomic E-state index is 0.183. The third-order valence-electron chi connectivity index (χ3n) is 3.33. The Kier molecular flexibility index (Phi) is 4.50. The van der Waals surface area contributed by atoms with Crippen LogP contribution in [0.4, 0.5) is 10.1 Å². The monoisotopic (exact) mass is 345 g/mol. The zero-order valence-electron chi connectivity index (χ0n) is 12.7. The van der Waals surface area contributed by atoms with Crippen LogP contribution in [-0.4, -0.2) is 32.6 Å². The summed E-state index contributed by atoms with van der Waals surface area (Å²) < 4.78 is 18.9. The molecule has 0 saturated carbocycles. The zero-order valence-corrected chi connectivity index (χ0v) is 12.7. The lowest BCUT2D eigenvalue weighted by atomic mass is 10.2. The number of aromatic amines is 1. The third kappa shape index (κ3) is 3.68. The lowest BCUT2D eigenvalue weighted by molar-refractivity contribution is -0.385. The van der Waals surface area contributed by atoms with Crippen molar-refractivity contribution in [3.05, 3.63) is 63.9 Å². The SMILES string of the molecule is O=C(NCCc1nc(-c2ccco2)n[nH]1)c1ccc([N+](=O)[O-])cc1F. The summed E-state index contributed by atoms with van der Waals surface area (Å²) in [5, 5.41) is 19.8. The van der Waals surface area contributed by atoms with Crippen LogP contribution >= 0.6 is 0 Å². The molecule has 0 bridgehead atoms. The van der Waals surface area contributed by atoms with Crippen LogP contribution in [0.3, 0.4) is 0 Å². The molecule has 2 aromatic heterocycles. The van der Waals surface area contributed by atoms with Gasteiger partial charge in [0.2, 0.25) is 5.82 Å². The second-order valence-corrected chi connectivity index (χ2v) is 5.01. The Labute approximate surface area is 140 Å². The molecule has 25 heavy (non-hydrogen) atoms. The van der Waals surface area contributed by atoms with Crippen LogP contribution in [0.2, 0.25) is 0 Å². The Morgan fingerprint density at radius 3 is 2.92 bits per heavy atom. The first-order valence-corrected chi connectivity index (χ1v) is 7.22. The van der Waals surface area contributed by atoms with Crippen LogP contribution in [-0.2, 0) is 6.42 Å². The summed E-state index contributed by atoms with van der Waals surface area (Å²) in [4.78, 5) is 26.0. The highest BCUT2D eigenvalue weighted by atomic mass is 19.1. The van der Waals surface area contributed by atoms with E-state index in [1.807, 2.05) is 0 Å². The molecule has 0 spiro atoms. The molecule has 10 heteroatoms. The first kappa shape index (κ1) is 16.3. The number of furan rings is 1. The van der Waals surface area contributed by atoms with Crippen molar-refractivity contribution in [2.45, 2.75) is 6.42 Å². The molecule has 3 rings (SSSR count). The van der Waals surface area contributed by atoms with Crippen LogP contribution in [0.25, 0.3) is 11.6 Å². The first-order chi connectivity index (χ1) is 12.0. The van der Waals surface area contributed by atoms with Gasteiger partial charge in [-0.15, -0.1) is 0 Å². The van der Waals surface area contributed by atoms with Crippen molar-refractivity contribution in [1.82, 2.24) is 20.5 Å². The number of H-pyrrole nitrogens is 1. The molecule has 0 aliphatic heterocycles. The minimum atomic E-state index is -0.952. The van der Waals surface area contributed by atoms with Crippen molar-refractivity contribution in [1.29, 1.82) is 0 Å². The molecule has 0 radical (unpaired) electrons. The van der Waals surface area contributed by atoms with Gasteiger partial charge in [0.25, 0.3) is 11.6 Å². The van der Waals surface area contributed by atoms with Crippen molar-refractivity contribution in [2.24, 2.45) is 0 Å². The van der Waals surface area contributed by atoms with Gasteiger partial charge in [-0.2, -0.15) is 5.10 Å². The smallest absolute Gasteiger partial charge is 0.272 e. The summed E-state index contributed by atoms with van der Waals surface area (Å²) in [6.07, 6.45) is 1.85. The molecule has 0 unspecified atom stereocenters. The van der Waals surface area contributed by atoms with Crippen LogP contribution in [0.5, 0.6) is 0 Å². The van der Waals surface area contributed by atoms with Gasteiger partial charge in [-0.1, -0.05) is 0 Å². The van der Waals surface area contributed by atoms with Gasteiger partial charge in [0.05, 0.1) is 22.8 Å². The number of aromatic nitrogens is 3. The predicted molar refractivity (Wildman–Crippen MR) is 83.2 cm³/mol. The maximum absolute atomic E-state index is 13.8. The fourth-order valence-corrected chi connectivity index (χ4v) is 2.11. The average Bonchev–Trinajstić information content (AvgIpc) is 3.25. The van der Waals surface area contributed by atoms with Crippen molar-refractivity contribution < 1.29 is 18.5 Å². The molecule has 2 heterocycles. The summed E-state index contributed by atoms with van der Waals surface area (Å²) in [6.45, 7) is 0.183. The molecule has 3 aromatic rings. The Morgan fingerprint density at radius 1 is 1.40 bits per heavy atom. The Hall–Kier alpha value is -3.56. The number of hydrogen-bond acceptors (Lipinski definition) is 6. The zero-order chi connectivity index (χ0) is 17.8. The van der Waals surface area contributed by atoms with E-state index in [2.05, 4.69) is 20.5 Å². The van der Waals surface area contributed by atoms with E-state index in [1.165, 1.54) is 6.26 Å². The quantitative estimate of drug-likeness (QED) is 0.520. The second-order valence-electron chi connectivity index (χ2n) is 5.01. The molecule has 0 aliphatic rings. The number of halogens is 1. The van der Waals surface area contributed by atoms with Crippen LogP contribution in [0.15, 0.2) is 41.0 Å². The molecule has 128 valence electrons. The van der Waals surface area contributed by atoms with Gasteiger partial charge in [-0.25, -0.2) is 9.37 Å². The Bertz CT molecular complexity index is 907. The van der Waals surface area contributed by atoms with E-state index in [1.54, 1.807) is 12.1 Å². The fraction of sp³-hybridized carbons (Fsp3) is 0.133. The van der Waals surface area contributed by atoms with Gasteiger partial charge in [-0.05, 0) is 18.2 Å². The second kappa shape index (κ2) is 6.91. The molecule has 1 amide bonds. The molecule has 0 aliphatic carbocycles. The van der Waals surface area contributed by atoms with E-state index in [0.717, 1.165) is 12.1 Å². The van der Waals surface area contributed by atoms with Crippen molar-refractivity contribution in [3.8, 4) is 11.6 Å². The van der Waals surface area contributed by atoms with Gasteiger partial charge < -0.3 is 9.73 Å². The third-order valence-corrected chi connectivity index (χ3v) is 3.33. The molecule has 0 saturated heterocycles. The van der Waals surface area contributed by atoms with Crippen LogP contribution in [0, 0.1) is 15.9 Å². The maximum atomic E-state index is 13.8. The number of carbonyl (C=O) groups excluding carboxylic acids is 1. The number of nitrogens with one attached hydrogen (secondary N) is 2. The van der Waals surface area contributed by atoms with Gasteiger partial charge >= 0.3 is 0 Å².